The molecule has 0 radical (unpaired) electrons. The quantitative estimate of drug-likeness (QED) is 0.368. The molecule has 3 aromatic rings. The topological polar surface area (TPSA) is 82.8 Å². The number of ether oxygens (including phenoxy) is 2. The van der Waals surface area contributed by atoms with Gasteiger partial charge >= 0.3 is 11.6 Å². The average Bonchev–Trinajstić information content (AvgIpc) is 2.68. The summed E-state index contributed by atoms with van der Waals surface area (Å²) >= 11 is 0. The number of hydrogen-bond acceptors (Lipinski definition) is 6. The molecular weight excluding hydrogens is 360 g/mol. The summed E-state index contributed by atoms with van der Waals surface area (Å²) in [6, 6.07) is 11.7. The van der Waals surface area contributed by atoms with Crippen molar-refractivity contribution in [1.82, 2.24) is 0 Å². The summed E-state index contributed by atoms with van der Waals surface area (Å²) in [6.07, 6.45) is 0. The van der Waals surface area contributed by atoms with Crippen molar-refractivity contribution in [1.29, 1.82) is 0 Å². The monoisotopic (exact) mass is 380 g/mol. The summed E-state index contributed by atoms with van der Waals surface area (Å²) in [5, 5.41) is 0.727. The van der Waals surface area contributed by atoms with E-state index in [0.29, 0.717) is 22.5 Å². The van der Waals surface area contributed by atoms with Gasteiger partial charge in [-0.2, -0.15) is 0 Å². The standard InChI is InChI=1S/C22H20O6/c1-13-7-8-19-17(10-20(24)28-22(19)14(13)2)11-27-21(25)12-26-18-6-4-5-16(9-18)15(3)23/h4-10H,11-12H2,1-3H3. The molecule has 0 bridgehead atoms. The fraction of sp³-hybridized carbons (Fsp3) is 0.227. The summed E-state index contributed by atoms with van der Waals surface area (Å²) in [5.74, 6) is -0.270. The number of esters is 1. The summed E-state index contributed by atoms with van der Waals surface area (Å²) in [6.45, 7) is 4.88. The van der Waals surface area contributed by atoms with E-state index >= 15 is 0 Å². The maximum atomic E-state index is 12.0. The molecule has 0 unspecified atom stereocenters. The molecule has 0 N–H and O–H groups in total. The molecule has 0 saturated carbocycles. The Kier molecular flexibility index (Phi) is 5.59. The molecule has 0 amide bonds. The highest BCUT2D eigenvalue weighted by Gasteiger charge is 2.12. The molecule has 3 rings (SSSR count). The van der Waals surface area contributed by atoms with Crippen LogP contribution >= 0.6 is 0 Å². The van der Waals surface area contributed by atoms with Gasteiger partial charge in [0, 0.05) is 22.6 Å². The Morgan fingerprint density at radius 1 is 1.07 bits per heavy atom. The number of aryl methyl sites for hydroxylation is 2. The van der Waals surface area contributed by atoms with Crippen molar-refractivity contribution in [2.45, 2.75) is 27.4 Å². The van der Waals surface area contributed by atoms with Crippen LogP contribution < -0.4 is 10.4 Å². The van der Waals surface area contributed by atoms with Gasteiger partial charge in [-0.3, -0.25) is 4.79 Å². The van der Waals surface area contributed by atoms with E-state index in [4.69, 9.17) is 13.9 Å². The zero-order valence-corrected chi connectivity index (χ0v) is 15.9. The molecule has 6 heteroatoms. The van der Waals surface area contributed by atoms with Crippen molar-refractivity contribution in [3.63, 3.8) is 0 Å². The summed E-state index contributed by atoms with van der Waals surface area (Å²) in [4.78, 5) is 35.3. The molecule has 0 spiro atoms. The van der Waals surface area contributed by atoms with Gasteiger partial charge in [0.15, 0.2) is 12.4 Å². The van der Waals surface area contributed by atoms with Crippen molar-refractivity contribution < 1.29 is 23.5 Å². The molecule has 28 heavy (non-hydrogen) atoms. The first-order chi connectivity index (χ1) is 13.3. The number of hydrogen-bond donors (Lipinski definition) is 0. The molecule has 0 aliphatic carbocycles. The van der Waals surface area contributed by atoms with Gasteiger partial charge in [0.25, 0.3) is 0 Å². The number of rotatable bonds is 6. The van der Waals surface area contributed by atoms with Crippen LogP contribution in [0.3, 0.4) is 0 Å². The lowest BCUT2D eigenvalue weighted by molar-refractivity contribution is -0.147. The normalized spacial score (nSPS) is 10.7. The van der Waals surface area contributed by atoms with Crippen LogP contribution in [-0.2, 0) is 16.1 Å². The van der Waals surface area contributed by atoms with Crippen molar-refractivity contribution in [2.24, 2.45) is 0 Å². The van der Waals surface area contributed by atoms with Gasteiger partial charge in [0.05, 0.1) is 0 Å². The predicted octanol–water partition coefficient (Wildman–Crippen LogP) is 3.73. The van der Waals surface area contributed by atoms with E-state index in [9.17, 15) is 14.4 Å². The first kappa shape index (κ1) is 19.4. The largest absolute Gasteiger partial charge is 0.482 e. The second-order valence-electron chi connectivity index (χ2n) is 6.51. The maximum absolute atomic E-state index is 12.0. The van der Waals surface area contributed by atoms with Crippen LogP contribution in [0.1, 0.15) is 34.0 Å². The van der Waals surface area contributed by atoms with E-state index in [1.807, 2.05) is 26.0 Å². The predicted molar refractivity (Wildman–Crippen MR) is 104 cm³/mol. The molecule has 0 saturated heterocycles. The number of benzene rings is 2. The van der Waals surface area contributed by atoms with E-state index in [2.05, 4.69) is 0 Å². The number of fused-ring (bicyclic) bond motifs is 1. The Morgan fingerprint density at radius 3 is 2.61 bits per heavy atom. The SMILES string of the molecule is CC(=O)c1cccc(OCC(=O)OCc2cc(=O)oc3c(C)c(C)ccc23)c1. The Labute approximate surface area is 161 Å². The summed E-state index contributed by atoms with van der Waals surface area (Å²) in [7, 11) is 0. The van der Waals surface area contributed by atoms with E-state index < -0.39 is 11.6 Å². The van der Waals surface area contributed by atoms with Gasteiger partial charge in [0.2, 0.25) is 0 Å². The van der Waals surface area contributed by atoms with Crippen LogP contribution in [-0.4, -0.2) is 18.4 Å². The molecule has 6 nitrogen and oxygen atoms in total. The summed E-state index contributed by atoms with van der Waals surface area (Å²) in [5.41, 5.74) is 2.95. The molecule has 144 valence electrons. The van der Waals surface area contributed by atoms with Gasteiger partial charge < -0.3 is 13.9 Å². The zero-order valence-electron chi connectivity index (χ0n) is 15.9. The van der Waals surface area contributed by atoms with E-state index in [-0.39, 0.29) is 19.0 Å². The van der Waals surface area contributed by atoms with Gasteiger partial charge in [-0.1, -0.05) is 24.3 Å². The lowest BCUT2D eigenvalue weighted by Crippen LogP contribution is -2.15. The lowest BCUT2D eigenvalue weighted by Gasteiger charge is -2.10. The number of carbonyl (C=O) groups excluding carboxylic acids is 2. The first-order valence-corrected chi connectivity index (χ1v) is 8.77. The number of ketones is 1. The Bertz CT molecular complexity index is 1110. The molecule has 1 aromatic heterocycles. The molecule has 2 aromatic carbocycles. The van der Waals surface area contributed by atoms with Crippen LogP contribution in [0, 0.1) is 13.8 Å². The molecule has 1 heterocycles. The van der Waals surface area contributed by atoms with Crippen molar-refractivity contribution >= 4 is 22.7 Å². The second-order valence-corrected chi connectivity index (χ2v) is 6.51. The summed E-state index contributed by atoms with van der Waals surface area (Å²) < 4.78 is 15.9. The average molecular weight is 380 g/mol. The molecular formula is C22H20O6. The lowest BCUT2D eigenvalue weighted by atomic mass is 10.0. The minimum atomic E-state index is -0.585. The minimum absolute atomic E-state index is 0.0692. The van der Waals surface area contributed by atoms with Crippen LogP contribution in [0.4, 0.5) is 0 Å². The molecule has 0 aliphatic rings. The van der Waals surface area contributed by atoms with E-state index in [1.165, 1.54) is 13.0 Å². The van der Waals surface area contributed by atoms with Gasteiger partial charge in [-0.25, -0.2) is 9.59 Å². The highest BCUT2D eigenvalue weighted by molar-refractivity contribution is 5.94. The molecule has 0 fully saturated rings. The van der Waals surface area contributed by atoms with Crippen LogP contribution in [0.25, 0.3) is 11.0 Å². The van der Waals surface area contributed by atoms with Crippen LogP contribution in [0.5, 0.6) is 5.75 Å². The molecule has 0 aliphatic heterocycles. The Morgan fingerprint density at radius 2 is 1.86 bits per heavy atom. The second kappa shape index (κ2) is 8.08. The third-order valence-corrected chi connectivity index (χ3v) is 4.50. The van der Waals surface area contributed by atoms with E-state index in [0.717, 1.165) is 16.5 Å². The zero-order chi connectivity index (χ0) is 20.3. The van der Waals surface area contributed by atoms with Gasteiger partial charge in [-0.05, 0) is 44.0 Å². The maximum Gasteiger partial charge on any atom is 0.344 e. The number of Topliss-reactive ketones (excluding diaryl/α,β-unsaturated/α-hetero) is 1. The fourth-order valence-corrected chi connectivity index (χ4v) is 2.79. The van der Waals surface area contributed by atoms with Crippen molar-refractivity contribution in [3.05, 3.63) is 75.1 Å². The molecule has 0 atom stereocenters. The van der Waals surface area contributed by atoms with Crippen LogP contribution in [0.2, 0.25) is 0 Å². The minimum Gasteiger partial charge on any atom is -0.482 e. The van der Waals surface area contributed by atoms with Gasteiger partial charge in [0.1, 0.15) is 17.9 Å². The van der Waals surface area contributed by atoms with E-state index in [1.54, 1.807) is 24.3 Å². The smallest absolute Gasteiger partial charge is 0.344 e. The Hall–Kier alpha value is -3.41. The van der Waals surface area contributed by atoms with Crippen molar-refractivity contribution in [2.75, 3.05) is 6.61 Å². The Balaban J connectivity index is 1.68. The van der Waals surface area contributed by atoms with Crippen molar-refractivity contribution in [3.8, 4) is 5.75 Å². The van der Waals surface area contributed by atoms with Crippen LogP contribution in [0.15, 0.2) is 51.7 Å². The highest BCUT2D eigenvalue weighted by Crippen LogP contribution is 2.23. The fourth-order valence-electron chi connectivity index (χ4n) is 2.79. The number of carbonyl (C=O) groups is 2. The third kappa shape index (κ3) is 4.28. The third-order valence-electron chi connectivity index (χ3n) is 4.50. The van der Waals surface area contributed by atoms with Gasteiger partial charge in [-0.15, -0.1) is 0 Å². The highest BCUT2D eigenvalue weighted by atomic mass is 16.6. The first-order valence-electron chi connectivity index (χ1n) is 8.77.